The number of carboxylic acids is 1. The number of imide groups is 1. The van der Waals surface area contributed by atoms with Crippen molar-refractivity contribution in [2.75, 3.05) is 4.90 Å². The van der Waals surface area contributed by atoms with Gasteiger partial charge >= 0.3 is 5.97 Å². The number of carboxylic acid groups (broad SMARTS) is 1. The van der Waals surface area contributed by atoms with Crippen LogP contribution >= 0.6 is 11.6 Å². The largest absolute Gasteiger partial charge is 0.478 e. The van der Waals surface area contributed by atoms with Crippen molar-refractivity contribution in [3.8, 4) is 0 Å². The number of fused-ring (bicyclic) bond motifs is 1. The summed E-state index contributed by atoms with van der Waals surface area (Å²) in [5.41, 5.74) is -0.0281. The van der Waals surface area contributed by atoms with E-state index in [0.29, 0.717) is 6.42 Å². The van der Waals surface area contributed by atoms with Gasteiger partial charge in [-0.15, -0.1) is 0 Å². The summed E-state index contributed by atoms with van der Waals surface area (Å²) in [6.07, 6.45) is 0.587. The van der Waals surface area contributed by atoms with Crippen LogP contribution < -0.4 is 4.90 Å². The second-order valence-electron chi connectivity index (χ2n) is 4.43. The summed E-state index contributed by atoms with van der Waals surface area (Å²) in [5, 5.41) is 9.34. The average Bonchev–Trinajstić information content (AvgIpc) is 3.06. The zero-order chi connectivity index (χ0) is 13.0. The molecule has 0 radical (unpaired) electrons. The lowest BCUT2D eigenvalue weighted by atomic mass is 10.1. The minimum Gasteiger partial charge on any atom is -0.478 e. The van der Waals surface area contributed by atoms with Gasteiger partial charge < -0.3 is 5.11 Å². The van der Waals surface area contributed by atoms with Gasteiger partial charge in [-0.05, 0) is 24.6 Å². The fraction of sp³-hybridized carbons (Fsp3) is 0.250. The lowest BCUT2D eigenvalue weighted by Crippen LogP contribution is -2.34. The Morgan fingerprint density at radius 1 is 1.28 bits per heavy atom. The van der Waals surface area contributed by atoms with Crippen molar-refractivity contribution in [1.82, 2.24) is 0 Å². The van der Waals surface area contributed by atoms with E-state index >= 15 is 0 Å². The van der Waals surface area contributed by atoms with Gasteiger partial charge in [-0.3, -0.25) is 9.59 Å². The molecule has 2 aliphatic rings. The molecule has 1 saturated heterocycles. The van der Waals surface area contributed by atoms with Crippen LogP contribution in [0.5, 0.6) is 0 Å². The Kier molecular flexibility index (Phi) is 2.22. The SMILES string of the molecule is O=C(O)c1cc(Cl)ccc1N1C(=O)C2CC2C1=O. The maximum absolute atomic E-state index is 11.9. The summed E-state index contributed by atoms with van der Waals surface area (Å²) in [7, 11) is 0. The highest BCUT2D eigenvalue weighted by molar-refractivity contribution is 6.31. The molecule has 1 aliphatic heterocycles. The normalized spacial score (nSPS) is 25.3. The summed E-state index contributed by atoms with van der Waals surface area (Å²) in [6, 6.07) is 4.10. The van der Waals surface area contributed by atoms with Crippen LogP contribution in [0.15, 0.2) is 18.2 Å². The first-order valence-corrected chi connectivity index (χ1v) is 5.79. The molecule has 2 unspecified atom stereocenters. The lowest BCUT2D eigenvalue weighted by molar-refractivity contribution is -0.123. The molecule has 0 aromatic heterocycles. The molecule has 1 aromatic carbocycles. The minimum atomic E-state index is -1.21. The third-order valence-corrected chi connectivity index (χ3v) is 3.53. The molecule has 2 amide bonds. The highest BCUT2D eigenvalue weighted by Crippen LogP contribution is 2.48. The number of anilines is 1. The van der Waals surface area contributed by atoms with E-state index in [1.807, 2.05) is 0 Å². The number of piperidine rings is 1. The summed E-state index contributed by atoms with van der Waals surface area (Å²) < 4.78 is 0. The zero-order valence-electron chi connectivity index (χ0n) is 9.09. The molecule has 1 saturated carbocycles. The molecule has 1 aromatic rings. The number of hydrogen-bond acceptors (Lipinski definition) is 3. The lowest BCUT2D eigenvalue weighted by Gasteiger charge is -2.18. The number of rotatable bonds is 2. The topological polar surface area (TPSA) is 74.7 Å². The molecule has 1 N–H and O–H groups in total. The second-order valence-corrected chi connectivity index (χ2v) is 4.86. The van der Waals surface area contributed by atoms with E-state index in [1.165, 1.54) is 18.2 Å². The van der Waals surface area contributed by atoms with Crippen molar-refractivity contribution in [1.29, 1.82) is 0 Å². The Balaban J connectivity index is 2.10. The maximum atomic E-state index is 11.9. The molecular weight excluding hydrogens is 258 g/mol. The molecule has 0 spiro atoms. The van der Waals surface area contributed by atoms with Crippen LogP contribution in [0.4, 0.5) is 5.69 Å². The molecule has 0 bridgehead atoms. The fourth-order valence-corrected chi connectivity index (χ4v) is 2.47. The quantitative estimate of drug-likeness (QED) is 0.823. The molecule has 2 fully saturated rings. The molecule has 2 atom stereocenters. The first-order valence-electron chi connectivity index (χ1n) is 5.41. The first kappa shape index (κ1) is 11.2. The number of amides is 2. The van der Waals surface area contributed by atoms with Crippen molar-refractivity contribution >= 4 is 35.1 Å². The Bertz CT molecular complexity index is 578. The summed E-state index contributed by atoms with van der Waals surface area (Å²) >= 11 is 5.73. The standard InChI is InChI=1S/C12H8ClNO4/c13-5-1-2-9(8(3-5)12(17)18)14-10(15)6-4-7(6)11(14)16/h1-3,6-7H,4H2,(H,17,18). The van der Waals surface area contributed by atoms with Gasteiger partial charge in [0.2, 0.25) is 11.8 Å². The summed E-state index contributed by atoms with van der Waals surface area (Å²) in [5.74, 6) is -2.34. The minimum absolute atomic E-state index is 0.106. The summed E-state index contributed by atoms with van der Waals surface area (Å²) in [4.78, 5) is 35.9. The van der Waals surface area contributed by atoms with Gasteiger partial charge in [0.15, 0.2) is 0 Å². The average molecular weight is 266 g/mol. The fourth-order valence-electron chi connectivity index (χ4n) is 2.29. The molecule has 92 valence electrons. The third-order valence-electron chi connectivity index (χ3n) is 3.30. The zero-order valence-corrected chi connectivity index (χ0v) is 9.85. The second kappa shape index (κ2) is 3.55. The number of hydrogen-bond donors (Lipinski definition) is 1. The van der Waals surface area contributed by atoms with Crippen molar-refractivity contribution in [3.63, 3.8) is 0 Å². The van der Waals surface area contributed by atoms with Crippen LogP contribution in [0, 0.1) is 11.8 Å². The Hall–Kier alpha value is -1.88. The van der Waals surface area contributed by atoms with Gasteiger partial charge in [0.1, 0.15) is 0 Å². The van der Waals surface area contributed by atoms with Gasteiger partial charge in [-0.2, -0.15) is 0 Å². The predicted octanol–water partition coefficient (Wildman–Crippen LogP) is 1.55. The molecular formula is C12H8ClNO4. The van der Waals surface area contributed by atoms with Crippen LogP contribution in [0.25, 0.3) is 0 Å². The van der Waals surface area contributed by atoms with Crippen LogP contribution in [0.1, 0.15) is 16.8 Å². The van der Waals surface area contributed by atoms with Crippen LogP contribution in [-0.2, 0) is 9.59 Å². The Morgan fingerprint density at radius 3 is 2.44 bits per heavy atom. The number of aromatic carboxylic acids is 1. The maximum Gasteiger partial charge on any atom is 0.337 e. The Morgan fingerprint density at radius 2 is 1.89 bits per heavy atom. The van der Waals surface area contributed by atoms with E-state index in [-0.39, 0.29) is 39.9 Å². The van der Waals surface area contributed by atoms with Gasteiger partial charge in [0.05, 0.1) is 23.1 Å². The number of carbonyl (C=O) groups is 3. The van der Waals surface area contributed by atoms with Gasteiger partial charge in [0, 0.05) is 5.02 Å². The van der Waals surface area contributed by atoms with E-state index in [4.69, 9.17) is 16.7 Å². The number of carbonyl (C=O) groups excluding carboxylic acids is 2. The molecule has 1 aliphatic carbocycles. The van der Waals surface area contributed by atoms with Crippen molar-refractivity contribution in [2.45, 2.75) is 6.42 Å². The number of halogens is 1. The monoisotopic (exact) mass is 265 g/mol. The van der Waals surface area contributed by atoms with E-state index in [9.17, 15) is 14.4 Å². The van der Waals surface area contributed by atoms with Crippen LogP contribution in [0.2, 0.25) is 5.02 Å². The third kappa shape index (κ3) is 1.44. The van der Waals surface area contributed by atoms with Crippen molar-refractivity contribution in [2.24, 2.45) is 11.8 Å². The van der Waals surface area contributed by atoms with E-state index in [1.54, 1.807) is 0 Å². The van der Waals surface area contributed by atoms with E-state index < -0.39 is 5.97 Å². The van der Waals surface area contributed by atoms with Gasteiger partial charge in [-0.25, -0.2) is 9.69 Å². The van der Waals surface area contributed by atoms with Gasteiger partial charge in [0.25, 0.3) is 0 Å². The first-order chi connectivity index (χ1) is 8.50. The van der Waals surface area contributed by atoms with E-state index in [2.05, 4.69) is 0 Å². The van der Waals surface area contributed by atoms with E-state index in [0.717, 1.165) is 4.90 Å². The Labute approximate surface area is 107 Å². The smallest absolute Gasteiger partial charge is 0.337 e. The van der Waals surface area contributed by atoms with Crippen LogP contribution in [-0.4, -0.2) is 22.9 Å². The molecule has 3 rings (SSSR count). The van der Waals surface area contributed by atoms with Crippen molar-refractivity contribution in [3.05, 3.63) is 28.8 Å². The molecule has 5 nitrogen and oxygen atoms in total. The highest BCUT2D eigenvalue weighted by Gasteiger charge is 2.59. The number of nitrogens with zero attached hydrogens (tertiary/aromatic N) is 1. The van der Waals surface area contributed by atoms with Gasteiger partial charge in [-0.1, -0.05) is 11.6 Å². The number of benzene rings is 1. The molecule has 6 heteroatoms. The highest BCUT2D eigenvalue weighted by atomic mass is 35.5. The summed E-state index contributed by atoms with van der Waals surface area (Å²) in [6.45, 7) is 0. The molecule has 18 heavy (non-hydrogen) atoms. The van der Waals surface area contributed by atoms with Crippen LogP contribution in [0.3, 0.4) is 0 Å². The molecule has 1 heterocycles. The predicted molar refractivity (Wildman–Crippen MR) is 62.5 cm³/mol. The van der Waals surface area contributed by atoms with Crippen molar-refractivity contribution < 1.29 is 19.5 Å².